The van der Waals surface area contributed by atoms with E-state index < -0.39 is 6.10 Å². The zero-order chi connectivity index (χ0) is 14.8. The van der Waals surface area contributed by atoms with Gasteiger partial charge in [-0.25, -0.2) is 0 Å². The zero-order valence-electron chi connectivity index (χ0n) is 11.7. The number of carbonyl (C=O) groups is 1. The Morgan fingerprint density at radius 2 is 2.24 bits per heavy atom. The molecule has 3 rings (SSSR count). The van der Waals surface area contributed by atoms with E-state index in [-0.39, 0.29) is 12.4 Å². The highest BCUT2D eigenvalue weighted by Crippen LogP contribution is 2.26. The van der Waals surface area contributed by atoms with Crippen molar-refractivity contribution in [2.45, 2.75) is 26.4 Å². The maximum absolute atomic E-state index is 12.0. The molecule has 0 N–H and O–H groups in total. The first-order valence-electron chi connectivity index (χ1n) is 6.59. The van der Waals surface area contributed by atoms with Gasteiger partial charge in [0.2, 0.25) is 0 Å². The molecule has 0 aliphatic heterocycles. The summed E-state index contributed by atoms with van der Waals surface area (Å²) in [6, 6.07) is 10.1. The molecule has 0 aliphatic rings. The molecule has 108 valence electrons. The third-order valence-corrected chi connectivity index (χ3v) is 4.11. The van der Waals surface area contributed by atoms with Crippen molar-refractivity contribution in [3.63, 3.8) is 0 Å². The number of esters is 1. The Balaban J connectivity index is 1.66. The molecule has 0 amide bonds. The zero-order valence-corrected chi connectivity index (χ0v) is 12.5. The van der Waals surface area contributed by atoms with Crippen molar-refractivity contribution in [3.05, 3.63) is 46.9 Å². The molecule has 1 atom stereocenters. The summed E-state index contributed by atoms with van der Waals surface area (Å²) in [5.74, 6) is 0.541. The van der Waals surface area contributed by atoms with Gasteiger partial charge in [-0.3, -0.25) is 4.79 Å². The van der Waals surface area contributed by atoms with Crippen LogP contribution in [-0.2, 0) is 16.0 Å². The Labute approximate surface area is 125 Å². The highest BCUT2D eigenvalue weighted by atomic mass is 32.1. The van der Waals surface area contributed by atoms with Gasteiger partial charge in [0.1, 0.15) is 0 Å². The third kappa shape index (κ3) is 3.11. The van der Waals surface area contributed by atoms with E-state index in [1.807, 2.05) is 30.3 Å². The monoisotopic (exact) mass is 302 g/mol. The lowest BCUT2D eigenvalue weighted by Gasteiger charge is -2.08. The van der Waals surface area contributed by atoms with Crippen molar-refractivity contribution in [2.75, 3.05) is 0 Å². The van der Waals surface area contributed by atoms with E-state index in [0.29, 0.717) is 11.7 Å². The number of aryl methyl sites for hydroxylation is 1. The van der Waals surface area contributed by atoms with Gasteiger partial charge in [0.25, 0.3) is 5.89 Å². The van der Waals surface area contributed by atoms with Crippen molar-refractivity contribution in [2.24, 2.45) is 0 Å². The van der Waals surface area contributed by atoms with E-state index in [4.69, 9.17) is 9.26 Å². The number of rotatable bonds is 4. The molecule has 0 saturated carbocycles. The fraction of sp³-hybridized carbons (Fsp3) is 0.267. The topological polar surface area (TPSA) is 65.2 Å². The SMILES string of the molecule is Cc1noc(C(C)OC(=O)Cc2cc3ccccc3s2)n1. The number of hydrogen-bond donors (Lipinski definition) is 0. The molecule has 1 aromatic carbocycles. The van der Waals surface area contributed by atoms with E-state index in [0.717, 1.165) is 10.3 Å². The fourth-order valence-corrected chi connectivity index (χ4v) is 3.08. The van der Waals surface area contributed by atoms with Crippen molar-refractivity contribution in [3.8, 4) is 0 Å². The molecule has 0 fully saturated rings. The van der Waals surface area contributed by atoms with Gasteiger partial charge in [-0.2, -0.15) is 4.98 Å². The molecule has 21 heavy (non-hydrogen) atoms. The van der Waals surface area contributed by atoms with Crippen molar-refractivity contribution in [1.29, 1.82) is 0 Å². The first-order chi connectivity index (χ1) is 10.1. The average Bonchev–Trinajstić information content (AvgIpc) is 3.03. The second-order valence-electron chi connectivity index (χ2n) is 4.74. The molecule has 5 nitrogen and oxygen atoms in total. The molecule has 3 aromatic rings. The summed E-state index contributed by atoms with van der Waals surface area (Å²) in [5.41, 5.74) is 0. The molecule has 0 aliphatic carbocycles. The Morgan fingerprint density at radius 3 is 2.95 bits per heavy atom. The van der Waals surface area contributed by atoms with Gasteiger partial charge < -0.3 is 9.26 Å². The number of ether oxygens (including phenoxy) is 1. The summed E-state index contributed by atoms with van der Waals surface area (Å²) in [7, 11) is 0. The van der Waals surface area contributed by atoms with E-state index in [1.165, 1.54) is 4.70 Å². The van der Waals surface area contributed by atoms with Gasteiger partial charge in [0.05, 0.1) is 6.42 Å². The number of hydrogen-bond acceptors (Lipinski definition) is 6. The van der Waals surface area contributed by atoms with Gasteiger partial charge in [-0.15, -0.1) is 11.3 Å². The van der Waals surface area contributed by atoms with Crippen LogP contribution in [0.2, 0.25) is 0 Å². The predicted octanol–water partition coefficient (Wildman–Crippen LogP) is 3.44. The Morgan fingerprint density at radius 1 is 1.43 bits per heavy atom. The van der Waals surface area contributed by atoms with Crippen molar-refractivity contribution >= 4 is 27.4 Å². The molecule has 6 heteroatoms. The minimum absolute atomic E-state index is 0.247. The lowest BCUT2D eigenvalue weighted by Crippen LogP contribution is -2.11. The average molecular weight is 302 g/mol. The van der Waals surface area contributed by atoms with Gasteiger partial charge >= 0.3 is 5.97 Å². The molecule has 2 aromatic heterocycles. The van der Waals surface area contributed by atoms with Crippen LogP contribution in [0, 0.1) is 6.92 Å². The minimum Gasteiger partial charge on any atom is -0.452 e. The predicted molar refractivity (Wildman–Crippen MR) is 79.1 cm³/mol. The van der Waals surface area contributed by atoms with Crippen LogP contribution in [0.3, 0.4) is 0 Å². The fourth-order valence-electron chi connectivity index (χ4n) is 2.03. The molecule has 2 heterocycles. The molecular formula is C15H14N2O3S. The second-order valence-corrected chi connectivity index (χ2v) is 5.91. The third-order valence-electron chi connectivity index (χ3n) is 2.99. The van der Waals surface area contributed by atoms with Crippen molar-refractivity contribution in [1.82, 2.24) is 10.1 Å². The van der Waals surface area contributed by atoms with Gasteiger partial charge in [-0.05, 0) is 31.4 Å². The van der Waals surface area contributed by atoms with E-state index in [2.05, 4.69) is 10.1 Å². The number of thiophene rings is 1. The molecule has 0 radical (unpaired) electrons. The smallest absolute Gasteiger partial charge is 0.311 e. The largest absolute Gasteiger partial charge is 0.452 e. The van der Waals surface area contributed by atoms with Gasteiger partial charge in [-0.1, -0.05) is 23.4 Å². The van der Waals surface area contributed by atoms with Crippen LogP contribution in [0.25, 0.3) is 10.1 Å². The Kier molecular flexibility index (Phi) is 3.70. The molecule has 0 saturated heterocycles. The van der Waals surface area contributed by atoms with Crippen molar-refractivity contribution < 1.29 is 14.1 Å². The number of nitrogens with zero attached hydrogens (tertiary/aromatic N) is 2. The first kappa shape index (κ1) is 13.8. The van der Waals surface area contributed by atoms with Gasteiger partial charge in [0.15, 0.2) is 11.9 Å². The lowest BCUT2D eigenvalue weighted by molar-refractivity contribution is -0.148. The van der Waals surface area contributed by atoms with Crippen LogP contribution in [0.5, 0.6) is 0 Å². The Hall–Kier alpha value is -2.21. The van der Waals surface area contributed by atoms with Crippen LogP contribution in [0.4, 0.5) is 0 Å². The Bertz CT molecular complexity index is 745. The van der Waals surface area contributed by atoms with Crippen LogP contribution in [-0.4, -0.2) is 16.1 Å². The van der Waals surface area contributed by atoms with Gasteiger partial charge in [0, 0.05) is 9.58 Å². The summed E-state index contributed by atoms with van der Waals surface area (Å²) in [5, 5.41) is 4.83. The molecule has 1 unspecified atom stereocenters. The number of aromatic nitrogens is 2. The maximum atomic E-state index is 12.0. The molecule has 0 spiro atoms. The lowest BCUT2D eigenvalue weighted by atomic mass is 10.2. The van der Waals surface area contributed by atoms with Crippen LogP contribution >= 0.6 is 11.3 Å². The second kappa shape index (κ2) is 5.65. The minimum atomic E-state index is -0.534. The summed E-state index contributed by atoms with van der Waals surface area (Å²) < 4.78 is 11.5. The number of benzene rings is 1. The normalized spacial score (nSPS) is 12.5. The van der Waals surface area contributed by atoms with E-state index >= 15 is 0 Å². The van der Waals surface area contributed by atoms with E-state index in [9.17, 15) is 4.79 Å². The number of fused-ring (bicyclic) bond motifs is 1. The van der Waals surface area contributed by atoms with Crippen LogP contribution in [0.1, 0.15) is 29.6 Å². The standard InChI is InChI=1S/C15H14N2O3S/c1-9(15-16-10(2)17-20-15)19-14(18)8-12-7-11-5-3-4-6-13(11)21-12/h3-7,9H,8H2,1-2H3. The molecule has 0 bridgehead atoms. The maximum Gasteiger partial charge on any atom is 0.311 e. The highest BCUT2D eigenvalue weighted by molar-refractivity contribution is 7.19. The van der Waals surface area contributed by atoms with Crippen LogP contribution < -0.4 is 0 Å². The summed E-state index contributed by atoms with van der Waals surface area (Å²) >= 11 is 1.60. The first-order valence-corrected chi connectivity index (χ1v) is 7.40. The summed E-state index contributed by atoms with van der Waals surface area (Å²) in [4.78, 5) is 17.0. The quantitative estimate of drug-likeness (QED) is 0.691. The van der Waals surface area contributed by atoms with Crippen LogP contribution in [0.15, 0.2) is 34.9 Å². The highest BCUT2D eigenvalue weighted by Gasteiger charge is 2.18. The van der Waals surface area contributed by atoms with E-state index in [1.54, 1.807) is 25.2 Å². The number of carbonyl (C=O) groups excluding carboxylic acids is 1. The summed E-state index contributed by atoms with van der Waals surface area (Å²) in [6.07, 6.45) is -0.287. The molecular weight excluding hydrogens is 288 g/mol. The summed E-state index contributed by atoms with van der Waals surface area (Å²) in [6.45, 7) is 3.44.